The highest BCUT2D eigenvalue weighted by atomic mass is 32.2. The summed E-state index contributed by atoms with van der Waals surface area (Å²) < 4.78 is 65.6. The number of piperidine rings is 1. The maximum atomic E-state index is 13.1. The van der Waals surface area contributed by atoms with Gasteiger partial charge in [0.1, 0.15) is 0 Å². The van der Waals surface area contributed by atoms with Crippen molar-refractivity contribution in [2.75, 3.05) is 19.6 Å². The van der Waals surface area contributed by atoms with E-state index >= 15 is 0 Å². The molecule has 1 aromatic carbocycles. The first-order valence-corrected chi connectivity index (χ1v) is 8.81. The van der Waals surface area contributed by atoms with E-state index in [0.717, 1.165) is 22.5 Å². The van der Waals surface area contributed by atoms with E-state index in [1.54, 1.807) is 0 Å². The molecule has 6 nitrogen and oxygen atoms in total. The second kappa shape index (κ2) is 5.71. The van der Waals surface area contributed by atoms with Gasteiger partial charge in [0.05, 0.1) is 22.7 Å². The van der Waals surface area contributed by atoms with Crippen molar-refractivity contribution in [3.8, 4) is 0 Å². The molecule has 2 aliphatic heterocycles. The van der Waals surface area contributed by atoms with Gasteiger partial charge in [0, 0.05) is 13.1 Å². The molecule has 0 aromatic heterocycles. The molecule has 1 amide bonds. The van der Waals surface area contributed by atoms with E-state index in [1.807, 2.05) is 0 Å². The Bertz CT molecular complexity index is 756. The average molecular weight is 363 g/mol. The van der Waals surface area contributed by atoms with Gasteiger partial charge in [-0.15, -0.1) is 0 Å². The second-order valence-electron chi connectivity index (χ2n) is 5.88. The Morgan fingerprint density at radius 2 is 1.75 bits per heavy atom. The minimum atomic E-state index is -4.75. The van der Waals surface area contributed by atoms with Gasteiger partial charge in [0.25, 0.3) is 0 Å². The Morgan fingerprint density at radius 3 is 2.29 bits per heavy atom. The molecule has 2 fully saturated rings. The molecular weight excluding hydrogens is 347 g/mol. The molecule has 3 rings (SSSR count). The molecule has 1 aromatic rings. The topological polar surface area (TPSA) is 78.5 Å². The largest absolute Gasteiger partial charge is 0.417 e. The van der Waals surface area contributed by atoms with Gasteiger partial charge in [-0.1, -0.05) is 12.1 Å². The van der Waals surface area contributed by atoms with Crippen LogP contribution in [0.25, 0.3) is 0 Å². The van der Waals surface area contributed by atoms with E-state index in [0.29, 0.717) is 12.8 Å². The van der Waals surface area contributed by atoms with Crippen molar-refractivity contribution in [2.45, 2.75) is 29.6 Å². The Labute approximate surface area is 137 Å². The quantitative estimate of drug-likeness (QED) is 0.819. The summed E-state index contributed by atoms with van der Waals surface area (Å²) in [5.74, 6) is -0.172. The lowest BCUT2D eigenvalue weighted by molar-refractivity contribution is -0.140. The van der Waals surface area contributed by atoms with Gasteiger partial charge >= 0.3 is 6.18 Å². The van der Waals surface area contributed by atoms with Crippen LogP contribution >= 0.6 is 0 Å². The van der Waals surface area contributed by atoms with Gasteiger partial charge in [0.15, 0.2) is 0 Å². The third-order valence-corrected chi connectivity index (χ3v) is 6.31. The van der Waals surface area contributed by atoms with Crippen LogP contribution < -0.4 is 10.6 Å². The molecule has 0 bridgehead atoms. The van der Waals surface area contributed by atoms with Crippen molar-refractivity contribution in [3.05, 3.63) is 29.8 Å². The second-order valence-corrected chi connectivity index (χ2v) is 7.79. The molecule has 2 saturated heterocycles. The Balaban J connectivity index is 1.85. The minimum Gasteiger partial charge on any atom is -0.337 e. The monoisotopic (exact) mass is 363 g/mol. The number of carbonyl (C=O) groups excluding carboxylic acids is 1. The van der Waals surface area contributed by atoms with Gasteiger partial charge in [0.2, 0.25) is 15.9 Å². The number of hydrogen-bond acceptors (Lipinski definition) is 4. The van der Waals surface area contributed by atoms with Crippen molar-refractivity contribution in [1.82, 2.24) is 14.9 Å². The molecule has 0 unspecified atom stereocenters. The van der Waals surface area contributed by atoms with Crippen LogP contribution in [-0.2, 0) is 21.0 Å². The number of sulfonamides is 1. The maximum absolute atomic E-state index is 13.1. The molecule has 10 heteroatoms. The summed E-state index contributed by atoms with van der Waals surface area (Å²) in [7, 11) is -4.26. The van der Waals surface area contributed by atoms with Crippen molar-refractivity contribution in [2.24, 2.45) is 0 Å². The molecule has 2 heterocycles. The number of rotatable bonds is 2. The molecule has 0 aliphatic carbocycles. The molecule has 2 aliphatic rings. The number of carbonyl (C=O) groups is 1. The van der Waals surface area contributed by atoms with Crippen molar-refractivity contribution in [3.63, 3.8) is 0 Å². The molecule has 132 valence electrons. The molecule has 0 radical (unpaired) electrons. The summed E-state index contributed by atoms with van der Waals surface area (Å²) in [5, 5.41) is 5.77. The van der Waals surface area contributed by atoms with Crippen LogP contribution in [0.4, 0.5) is 13.2 Å². The van der Waals surface area contributed by atoms with E-state index in [9.17, 15) is 26.4 Å². The fourth-order valence-electron chi connectivity index (χ4n) is 3.08. The first-order valence-electron chi connectivity index (χ1n) is 7.37. The maximum Gasteiger partial charge on any atom is 0.417 e. The molecule has 2 N–H and O–H groups in total. The van der Waals surface area contributed by atoms with Crippen molar-refractivity contribution < 1.29 is 26.4 Å². The summed E-state index contributed by atoms with van der Waals surface area (Å²) in [6, 6.07) is 4.16. The number of benzene rings is 1. The van der Waals surface area contributed by atoms with Gasteiger partial charge in [-0.05, 0) is 25.0 Å². The van der Waals surface area contributed by atoms with Crippen LogP contribution in [0.3, 0.4) is 0 Å². The highest BCUT2D eigenvalue weighted by Gasteiger charge is 2.44. The predicted molar refractivity (Wildman–Crippen MR) is 78.3 cm³/mol. The summed E-state index contributed by atoms with van der Waals surface area (Å²) >= 11 is 0. The highest BCUT2D eigenvalue weighted by molar-refractivity contribution is 7.89. The zero-order valence-corrected chi connectivity index (χ0v) is 13.4. The standard InChI is InChI=1S/C14H16F3N3O3S/c15-14(16,17)10-3-1-2-4-11(10)24(22,23)20-7-5-13(6-8-20)18-9-12(21)19-13/h1-4,18H,5-9H2,(H,19,21). The van der Waals surface area contributed by atoms with E-state index in [-0.39, 0.29) is 25.5 Å². The highest BCUT2D eigenvalue weighted by Crippen LogP contribution is 2.36. The van der Waals surface area contributed by atoms with Crippen LogP contribution in [0, 0.1) is 0 Å². The van der Waals surface area contributed by atoms with E-state index in [4.69, 9.17) is 0 Å². The van der Waals surface area contributed by atoms with Gasteiger partial charge in [-0.3, -0.25) is 10.1 Å². The first-order chi connectivity index (χ1) is 11.1. The average Bonchev–Trinajstić information content (AvgIpc) is 2.87. The van der Waals surface area contributed by atoms with Crippen molar-refractivity contribution in [1.29, 1.82) is 0 Å². The van der Waals surface area contributed by atoms with Crippen LogP contribution in [-0.4, -0.2) is 43.9 Å². The van der Waals surface area contributed by atoms with E-state index in [1.165, 1.54) is 6.07 Å². The lowest BCUT2D eigenvalue weighted by Crippen LogP contribution is -2.57. The summed E-state index contributed by atoms with van der Waals surface area (Å²) in [6.07, 6.45) is -4.15. The normalized spacial score (nSPS) is 21.9. The summed E-state index contributed by atoms with van der Waals surface area (Å²) in [5.41, 5.74) is -1.83. The van der Waals surface area contributed by atoms with Crippen LogP contribution in [0.5, 0.6) is 0 Å². The van der Waals surface area contributed by atoms with Gasteiger partial charge in [-0.2, -0.15) is 17.5 Å². The Morgan fingerprint density at radius 1 is 1.12 bits per heavy atom. The number of nitrogens with zero attached hydrogens (tertiary/aromatic N) is 1. The van der Waals surface area contributed by atoms with Gasteiger partial charge in [-0.25, -0.2) is 8.42 Å². The third kappa shape index (κ3) is 3.01. The third-order valence-electron chi connectivity index (χ3n) is 4.35. The molecule has 24 heavy (non-hydrogen) atoms. The van der Waals surface area contributed by atoms with Crippen LogP contribution in [0.15, 0.2) is 29.2 Å². The minimum absolute atomic E-state index is 0.0296. The number of halogens is 3. The molecule has 0 atom stereocenters. The van der Waals surface area contributed by atoms with E-state index in [2.05, 4.69) is 10.6 Å². The number of alkyl halides is 3. The van der Waals surface area contributed by atoms with Gasteiger partial charge < -0.3 is 5.32 Å². The lowest BCUT2D eigenvalue weighted by atomic mass is 9.99. The number of hydrogen-bond donors (Lipinski definition) is 2. The number of amides is 1. The fourth-order valence-corrected chi connectivity index (χ4v) is 4.73. The van der Waals surface area contributed by atoms with Crippen molar-refractivity contribution >= 4 is 15.9 Å². The Kier molecular flexibility index (Phi) is 4.09. The molecule has 0 saturated carbocycles. The molecule has 1 spiro atoms. The van der Waals surface area contributed by atoms with Crippen LogP contribution in [0.1, 0.15) is 18.4 Å². The Hall–Kier alpha value is -1.65. The zero-order chi connectivity index (χ0) is 17.6. The van der Waals surface area contributed by atoms with E-state index < -0.39 is 32.3 Å². The molecular formula is C14H16F3N3O3S. The fraction of sp³-hybridized carbons (Fsp3) is 0.500. The predicted octanol–water partition coefficient (Wildman–Crippen LogP) is 0.906. The number of nitrogens with one attached hydrogen (secondary N) is 2. The lowest BCUT2D eigenvalue weighted by Gasteiger charge is -2.38. The zero-order valence-electron chi connectivity index (χ0n) is 12.6. The SMILES string of the molecule is O=C1CNC2(CCN(S(=O)(=O)c3ccccc3C(F)(F)F)CC2)N1. The smallest absolute Gasteiger partial charge is 0.337 e. The summed E-state index contributed by atoms with van der Waals surface area (Å²) in [4.78, 5) is 10.6. The first kappa shape index (κ1) is 17.2. The van der Waals surface area contributed by atoms with Crippen LogP contribution in [0.2, 0.25) is 0 Å². The summed E-state index contributed by atoms with van der Waals surface area (Å²) in [6.45, 7) is 0.216.